The first kappa shape index (κ1) is 8.54. The third kappa shape index (κ3) is 2.89. The molecule has 0 heterocycles. The van der Waals surface area contributed by atoms with Gasteiger partial charge in [0.1, 0.15) is 0 Å². The van der Waals surface area contributed by atoms with Crippen LogP contribution in [0, 0.1) is 0 Å². The molecule has 0 saturated carbocycles. The molecule has 1 aliphatic carbocycles. The molecule has 0 fully saturated rings. The summed E-state index contributed by atoms with van der Waals surface area (Å²) >= 11 is 0. The summed E-state index contributed by atoms with van der Waals surface area (Å²) in [6.07, 6.45) is 8.25. The van der Waals surface area contributed by atoms with Crippen LogP contribution in [-0.4, -0.2) is 13.6 Å². The van der Waals surface area contributed by atoms with Gasteiger partial charge < -0.3 is 5.32 Å². The molecule has 0 spiro atoms. The van der Waals surface area contributed by atoms with E-state index in [4.69, 9.17) is 0 Å². The summed E-state index contributed by atoms with van der Waals surface area (Å²) in [6.45, 7) is 3.31. The Balaban J connectivity index is 2.35. The fourth-order valence-corrected chi connectivity index (χ4v) is 1.28. The third-order valence-electron chi connectivity index (χ3n) is 2.14. The van der Waals surface area contributed by atoms with Crippen molar-refractivity contribution >= 4 is 0 Å². The highest BCUT2D eigenvalue weighted by Gasteiger charge is 2.01. The largest absolute Gasteiger partial charge is 0.319 e. The Morgan fingerprint density at radius 3 is 2.73 bits per heavy atom. The summed E-state index contributed by atoms with van der Waals surface area (Å²) < 4.78 is 0. The Bertz CT molecular complexity index is 177. The maximum Gasteiger partial charge on any atom is -0.00145 e. The Morgan fingerprint density at radius 2 is 2.18 bits per heavy atom. The van der Waals surface area contributed by atoms with Crippen molar-refractivity contribution in [2.75, 3.05) is 13.6 Å². The van der Waals surface area contributed by atoms with Crippen molar-refractivity contribution in [3.8, 4) is 0 Å². The van der Waals surface area contributed by atoms with Crippen molar-refractivity contribution in [1.29, 1.82) is 0 Å². The van der Waals surface area contributed by atoms with Gasteiger partial charge in [-0.15, -0.1) is 0 Å². The molecule has 0 bridgehead atoms. The standard InChI is InChI=1S/C10H17N/c1-9-3-5-10(6-4-9)7-8-11-2/h3,5,11H,4,6-8H2,1-2H3. The third-order valence-corrected chi connectivity index (χ3v) is 2.14. The Labute approximate surface area is 69.2 Å². The first-order valence-electron chi connectivity index (χ1n) is 4.32. The quantitative estimate of drug-likeness (QED) is 0.652. The van der Waals surface area contributed by atoms with Crippen LogP contribution in [0.2, 0.25) is 0 Å². The van der Waals surface area contributed by atoms with Gasteiger partial charge >= 0.3 is 0 Å². The van der Waals surface area contributed by atoms with Crippen molar-refractivity contribution in [3.63, 3.8) is 0 Å². The minimum atomic E-state index is 1.11. The van der Waals surface area contributed by atoms with Crippen LogP contribution in [0.4, 0.5) is 0 Å². The molecule has 0 unspecified atom stereocenters. The van der Waals surface area contributed by atoms with Gasteiger partial charge in [0, 0.05) is 0 Å². The second-order valence-corrected chi connectivity index (χ2v) is 3.19. The van der Waals surface area contributed by atoms with Gasteiger partial charge in [-0.3, -0.25) is 0 Å². The summed E-state index contributed by atoms with van der Waals surface area (Å²) in [6, 6.07) is 0. The second-order valence-electron chi connectivity index (χ2n) is 3.19. The second kappa shape index (κ2) is 4.35. The number of hydrogen-bond donors (Lipinski definition) is 1. The van der Waals surface area contributed by atoms with Crippen LogP contribution in [0.5, 0.6) is 0 Å². The molecule has 62 valence electrons. The number of hydrogen-bond acceptors (Lipinski definition) is 1. The monoisotopic (exact) mass is 151 g/mol. The first-order valence-corrected chi connectivity index (χ1v) is 4.32. The van der Waals surface area contributed by atoms with Gasteiger partial charge in [-0.05, 0) is 39.8 Å². The molecule has 1 heteroatoms. The first-order chi connectivity index (χ1) is 5.33. The molecular weight excluding hydrogens is 134 g/mol. The van der Waals surface area contributed by atoms with Gasteiger partial charge in [0.05, 0.1) is 0 Å². The average Bonchev–Trinajstić information content (AvgIpc) is 2.04. The van der Waals surface area contributed by atoms with Crippen LogP contribution in [0.1, 0.15) is 26.2 Å². The van der Waals surface area contributed by atoms with Crippen LogP contribution in [-0.2, 0) is 0 Å². The fourth-order valence-electron chi connectivity index (χ4n) is 1.28. The molecule has 0 aromatic heterocycles. The molecular formula is C10H17N. The van der Waals surface area contributed by atoms with Crippen LogP contribution < -0.4 is 5.32 Å². The number of nitrogens with one attached hydrogen (secondary N) is 1. The summed E-state index contributed by atoms with van der Waals surface area (Å²) in [5.74, 6) is 0. The van der Waals surface area contributed by atoms with E-state index < -0.39 is 0 Å². The minimum absolute atomic E-state index is 1.11. The maximum atomic E-state index is 3.16. The van der Waals surface area contributed by atoms with Crippen LogP contribution in [0.15, 0.2) is 23.3 Å². The van der Waals surface area contributed by atoms with Gasteiger partial charge in [-0.25, -0.2) is 0 Å². The highest BCUT2D eigenvalue weighted by molar-refractivity contribution is 5.22. The zero-order chi connectivity index (χ0) is 8.10. The Kier molecular flexibility index (Phi) is 3.37. The van der Waals surface area contributed by atoms with Crippen molar-refractivity contribution in [2.24, 2.45) is 0 Å². The highest BCUT2D eigenvalue weighted by atomic mass is 14.8. The number of allylic oxidation sites excluding steroid dienone is 3. The Hall–Kier alpha value is -0.560. The van der Waals surface area contributed by atoms with E-state index in [1.54, 1.807) is 5.57 Å². The van der Waals surface area contributed by atoms with Gasteiger partial charge in [0.25, 0.3) is 0 Å². The lowest BCUT2D eigenvalue weighted by Gasteiger charge is -2.11. The van der Waals surface area contributed by atoms with Crippen LogP contribution in [0.25, 0.3) is 0 Å². The molecule has 0 atom stereocenters. The predicted molar refractivity (Wildman–Crippen MR) is 49.6 cm³/mol. The maximum absolute atomic E-state index is 3.16. The molecule has 11 heavy (non-hydrogen) atoms. The lowest BCUT2D eigenvalue weighted by atomic mass is 9.97. The number of rotatable bonds is 3. The fraction of sp³-hybridized carbons (Fsp3) is 0.600. The average molecular weight is 151 g/mol. The zero-order valence-corrected chi connectivity index (χ0v) is 7.48. The van der Waals surface area contributed by atoms with E-state index in [-0.39, 0.29) is 0 Å². The van der Waals surface area contributed by atoms with Crippen molar-refractivity contribution < 1.29 is 0 Å². The molecule has 0 saturated heterocycles. The smallest absolute Gasteiger partial charge is 0.00145 e. The highest BCUT2D eigenvalue weighted by Crippen LogP contribution is 2.19. The van der Waals surface area contributed by atoms with Crippen LogP contribution >= 0.6 is 0 Å². The van der Waals surface area contributed by atoms with Gasteiger partial charge in [-0.1, -0.05) is 23.3 Å². The molecule has 0 amide bonds. The van der Waals surface area contributed by atoms with E-state index >= 15 is 0 Å². The molecule has 0 radical (unpaired) electrons. The van der Waals surface area contributed by atoms with E-state index in [2.05, 4.69) is 24.4 Å². The molecule has 1 N–H and O–H groups in total. The lowest BCUT2D eigenvalue weighted by molar-refractivity contribution is 0.745. The molecule has 1 nitrogen and oxygen atoms in total. The van der Waals surface area contributed by atoms with E-state index in [9.17, 15) is 0 Å². The molecule has 1 aliphatic rings. The van der Waals surface area contributed by atoms with Crippen molar-refractivity contribution in [3.05, 3.63) is 23.3 Å². The van der Waals surface area contributed by atoms with E-state index in [1.165, 1.54) is 24.8 Å². The SMILES string of the molecule is CNCCC1=CC=C(C)CC1. The van der Waals surface area contributed by atoms with E-state index in [1.807, 2.05) is 7.05 Å². The van der Waals surface area contributed by atoms with Crippen molar-refractivity contribution in [2.45, 2.75) is 26.2 Å². The summed E-state index contributed by atoms with van der Waals surface area (Å²) in [5, 5.41) is 3.16. The molecule has 0 aliphatic heterocycles. The zero-order valence-electron chi connectivity index (χ0n) is 7.48. The van der Waals surface area contributed by atoms with Crippen molar-refractivity contribution in [1.82, 2.24) is 5.32 Å². The normalized spacial score (nSPS) is 17.6. The summed E-state index contributed by atoms with van der Waals surface area (Å²) in [4.78, 5) is 0. The summed E-state index contributed by atoms with van der Waals surface area (Å²) in [7, 11) is 2.00. The molecule has 0 aromatic carbocycles. The van der Waals surface area contributed by atoms with Gasteiger partial charge in [-0.2, -0.15) is 0 Å². The van der Waals surface area contributed by atoms with E-state index in [0.717, 1.165) is 6.54 Å². The predicted octanol–water partition coefficient (Wildman–Crippen LogP) is 2.26. The van der Waals surface area contributed by atoms with E-state index in [0.29, 0.717) is 0 Å². The summed E-state index contributed by atoms with van der Waals surface area (Å²) in [5.41, 5.74) is 3.10. The van der Waals surface area contributed by atoms with Crippen LogP contribution in [0.3, 0.4) is 0 Å². The topological polar surface area (TPSA) is 12.0 Å². The molecule has 1 rings (SSSR count). The lowest BCUT2D eigenvalue weighted by Crippen LogP contribution is -2.08. The Morgan fingerprint density at radius 1 is 1.36 bits per heavy atom. The molecule has 0 aromatic rings. The van der Waals surface area contributed by atoms with Gasteiger partial charge in [0.15, 0.2) is 0 Å². The van der Waals surface area contributed by atoms with Gasteiger partial charge in [0.2, 0.25) is 0 Å². The minimum Gasteiger partial charge on any atom is -0.319 e.